The summed E-state index contributed by atoms with van der Waals surface area (Å²) in [7, 11) is -4.16. The van der Waals surface area contributed by atoms with Crippen LogP contribution in [0.1, 0.15) is 25.8 Å². The number of sulfonamides is 1. The van der Waals surface area contributed by atoms with E-state index in [1.165, 1.54) is 42.5 Å². The third-order valence-electron chi connectivity index (χ3n) is 5.35. The second-order valence-electron chi connectivity index (χ2n) is 8.74. The molecule has 0 saturated heterocycles. The highest BCUT2D eigenvalue weighted by Gasteiger charge is 2.51. The summed E-state index contributed by atoms with van der Waals surface area (Å²) in [5.74, 6) is -0.977. The Balaban J connectivity index is 1.97. The Morgan fingerprint density at radius 1 is 1.22 bits per heavy atom. The number of benzene rings is 2. The van der Waals surface area contributed by atoms with Crippen LogP contribution in [-0.4, -0.2) is 50.0 Å². The molecule has 1 atom stereocenters. The van der Waals surface area contributed by atoms with Gasteiger partial charge in [0.15, 0.2) is 0 Å². The first-order valence-corrected chi connectivity index (χ1v) is 12.4. The molecule has 2 aromatic carbocycles. The second-order valence-corrected chi connectivity index (χ2v) is 10.6. The molecule has 0 saturated carbocycles. The molecule has 1 amide bonds. The van der Waals surface area contributed by atoms with Gasteiger partial charge in [0.2, 0.25) is 5.60 Å². The molecule has 2 N–H and O–H groups in total. The number of carbonyl (C=O) groups is 2. The van der Waals surface area contributed by atoms with E-state index in [0.29, 0.717) is 19.4 Å². The van der Waals surface area contributed by atoms with Crippen molar-refractivity contribution in [2.75, 3.05) is 16.2 Å². The Hall–Kier alpha value is -3.74. The molecule has 0 aliphatic carbocycles. The van der Waals surface area contributed by atoms with Gasteiger partial charge >= 0.3 is 18.2 Å². The minimum Gasteiger partial charge on any atom is -0.482 e. The van der Waals surface area contributed by atoms with Gasteiger partial charge in [-0.2, -0.15) is 13.2 Å². The predicted octanol–water partition coefficient (Wildman–Crippen LogP) is 4.87. The van der Waals surface area contributed by atoms with Crippen molar-refractivity contribution in [3.63, 3.8) is 0 Å². The summed E-state index contributed by atoms with van der Waals surface area (Å²) in [5.41, 5.74) is -2.07. The number of amides is 1. The number of carbonyl (C=O) groups excluding carboxylic acids is 1. The Morgan fingerprint density at radius 3 is 2.54 bits per heavy atom. The van der Waals surface area contributed by atoms with Gasteiger partial charge in [-0.3, -0.25) is 14.4 Å². The van der Waals surface area contributed by atoms with E-state index in [9.17, 15) is 31.2 Å². The molecule has 1 aliphatic heterocycles. The molecule has 0 spiro atoms. The van der Waals surface area contributed by atoms with Crippen LogP contribution in [0.3, 0.4) is 0 Å². The Kier molecular flexibility index (Phi) is 7.77. The van der Waals surface area contributed by atoms with Gasteiger partial charge in [0, 0.05) is 5.69 Å². The number of carboxylic acids is 1. The lowest BCUT2D eigenvalue weighted by Gasteiger charge is -2.35. The van der Waals surface area contributed by atoms with Crippen molar-refractivity contribution in [1.29, 1.82) is 0 Å². The van der Waals surface area contributed by atoms with Crippen molar-refractivity contribution >= 4 is 33.5 Å². The minimum absolute atomic E-state index is 0.0154. The number of nitrogens with zero attached hydrogens (tertiary/aromatic N) is 1. The van der Waals surface area contributed by atoms with Crippen LogP contribution in [0.15, 0.2) is 59.5 Å². The molecular weight excluding hydrogens is 517 g/mol. The summed E-state index contributed by atoms with van der Waals surface area (Å²) in [4.78, 5) is 23.0. The van der Waals surface area contributed by atoms with Crippen LogP contribution in [0.25, 0.3) is 0 Å². The van der Waals surface area contributed by atoms with E-state index in [-0.39, 0.29) is 35.0 Å². The van der Waals surface area contributed by atoms with Crippen LogP contribution in [0, 0.1) is 6.92 Å². The van der Waals surface area contributed by atoms with Crippen LogP contribution in [0.2, 0.25) is 0 Å². The number of fused-ring (bicyclic) bond motifs is 1. The van der Waals surface area contributed by atoms with Crippen LogP contribution in [0.4, 0.5) is 29.3 Å². The van der Waals surface area contributed by atoms with E-state index in [2.05, 4.69) is 10.1 Å². The zero-order valence-electron chi connectivity index (χ0n) is 20.1. The third kappa shape index (κ3) is 6.53. The van der Waals surface area contributed by atoms with Crippen LogP contribution in [0.5, 0.6) is 5.75 Å². The summed E-state index contributed by atoms with van der Waals surface area (Å²) >= 11 is 0. The zero-order valence-corrected chi connectivity index (χ0v) is 20.9. The smallest absolute Gasteiger partial charge is 0.427 e. The highest BCUT2D eigenvalue weighted by molar-refractivity contribution is 7.92. The monoisotopic (exact) mass is 542 g/mol. The van der Waals surface area contributed by atoms with Crippen molar-refractivity contribution in [3.8, 4) is 5.75 Å². The quantitative estimate of drug-likeness (QED) is 0.479. The fraction of sp³-hybridized carbons (Fsp3) is 0.333. The molecule has 13 heteroatoms. The molecule has 1 unspecified atom stereocenters. The summed E-state index contributed by atoms with van der Waals surface area (Å²) in [5, 5.41) is 11.1. The first-order valence-electron chi connectivity index (χ1n) is 11.0. The van der Waals surface area contributed by atoms with Crippen molar-refractivity contribution in [2.24, 2.45) is 0 Å². The maximum atomic E-state index is 13.6. The van der Waals surface area contributed by atoms with Gasteiger partial charge in [-0.05, 0) is 62.7 Å². The normalized spacial score (nSPS) is 16.2. The van der Waals surface area contributed by atoms with Gasteiger partial charge in [-0.25, -0.2) is 13.2 Å². The minimum atomic E-state index is -4.81. The first kappa shape index (κ1) is 27.8. The number of ether oxygens (including phenoxy) is 2. The van der Waals surface area contributed by atoms with Gasteiger partial charge in [0.25, 0.3) is 10.0 Å². The summed E-state index contributed by atoms with van der Waals surface area (Å²) in [6.07, 6.45) is -4.56. The van der Waals surface area contributed by atoms with Crippen LogP contribution in [-0.2, 0) is 19.6 Å². The second kappa shape index (κ2) is 10.3. The topological polar surface area (TPSA) is 122 Å². The van der Waals surface area contributed by atoms with Gasteiger partial charge in [0.05, 0.1) is 23.5 Å². The molecule has 1 aliphatic rings. The number of anilines is 2. The average Bonchev–Trinajstić information content (AvgIpc) is 2.77. The Bertz CT molecular complexity index is 1320. The molecule has 0 bridgehead atoms. The van der Waals surface area contributed by atoms with E-state index < -0.39 is 40.0 Å². The summed E-state index contributed by atoms with van der Waals surface area (Å²) < 4.78 is 77.7. The lowest BCUT2D eigenvalue weighted by molar-refractivity contribution is -0.242. The molecule has 2 aromatic rings. The van der Waals surface area contributed by atoms with Crippen LogP contribution >= 0.6 is 0 Å². The van der Waals surface area contributed by atoms with Gasteiger partial charge in [0.1, 0.15) is 11.9 Å². The Labute approximate surface area is 211 Å². The number of aryl methyl sites for hydroxylation is 1. The molecule has 3 rings (SSSR count). The highest BCUT2D eigenvalue weighted by Crippen LogP contribution is 2.40. The van der Waals surface area contributed by atoms with Crippen molar-refractivity contribution in [1.82, 2.24) is 0 Å². The standard InChI is InChI=1S/C24H25F3N2O7S/c1-15-6-4-8-18(12-15)37(33,34)29-14-17(7-5-9-21(30)31)35-20-11-10-16(13-19(20)29)28-22(32)36-23(2,3)24(25,26)27/h4-8,10-13,17H,9,14H2,1-3H3,(H,28,32)(H,30,31)/b7-5+. The number of hydrogen-bond acceptors (Lipinski definition) is 6. The van der Waals surface area contributed by atoms with Crippen molar-refractivity contribution in [3.05, 3.63) is 60.2 Å². The summed E-state index contributed by atoms with van der Waals surface area (Å²) in [6.45, 7) is 2.89. The number of carboxylic acid groups (broad SMARTS) is 1. The van der Waals surface area contributed by atoms with Crippen molar-refractivity contribution < 1.29 is 45.8 Å². The van der Waals surface area contributed by atoms with Gasteiger partial charge in [-0.15, -0.1) is 0 Å². The number of rotatable bonds is 7. The molecule has 200 valence electrons. The van der Waals surface area contributed by atoms with E-state index in [1.807, 2.05) is 0 Å². The molecule has 1 heterocycles. The maximum absolute atomic E-state index is 13.6. The fourth-order valence-electron chi connectivity index (χ4n) is 3.34. The number of alkyl halides is 3. The molecule has 0 radical (unpaired) electrons. The molecule has 9 nitrogen and oxygen atoms in total. The van der Waals surface area contributed by atoms with Crippen molar-refractivity contribution in [2.45, 2.75) is 50.0 Å². The average molecular weight is 543 g/mol. The number of nitrogens with one attached hydrogen (secondary N) is 1. The maximum Gasteiger partial charge on any atom is 0.427 e. The van der Waals surface area contributed by atoms with E-state index >= 15 is 0 Å². The highest BCUT2D eigenvalue weighted by atomic mass is 32.2. The lowest BCUT2D eigenvalue weighted by Crippen LogP contribution is -2.44. The SMILES string of the molecule is Cc1cccc(S(=O)(=O)N2CC(/C=C/CC(=O)O)Oc3ccc(NC(=O)OC(C)(C)C(F)(F)F)cc32)c1. The number of hydrogen-bond donors (Lipinski definition) is 2. The third-order valence-corrected chi connectivity index (χ3v) is 7.13. The fourth-order valence-corrected chi connectivity index (χ4v) is 4.92. The van der Waals surface area contributed by atoms with E-state index in [0.717, 1.165) is 4.31 Å². The van der Waals surface area contributed by atoms with Gasteiger partial charge < -0.3 is 14.6 Å². The first-order chi connectivity index (χ1) is 17.1. The summed E-state index contributed by atoms with van der Waals surface area (Å²) in [6, 6.07) is 10.1. The largest absolute Gasteiger partial charge is 0.482 e. The van der Waals surface area contributed by atoms with E-state index in [1.54, 1.807) is 19.1 Å². The predicted molar refractivity (Wildman–Crippen MR) is 128 cm³/mol. The Morgan fingerprint density at radius 2 is 1.92 bits per heavy atom. The molecule has 0 aromatic heterocycles. The number of aliphatic carboxylic acids is 1. The molecule has 0 fully saturated rings. The number of halogens is 3. The molecular formula is C24H25F3N2O7S. The van der Waals surface area contributed by atoms with Crippen LogP contribution < -0.4 is 14.4 Å². The van der Waals surface area contributed by atoms with Gasteiger partial charge in [-0.1, -0.05) is 18.2 Å². The molecule has 37 heavy (non-hydrogen) atoms. The zero-order chi connectivity index (χ0) is 27.6. The van der Waals surface area contributed by atoms with E-state index in [4.69, 9.17) is 9.84 Å². The lowest BCUT2D eigenvalue weighted by atomic mass is 10.1.